The first-order chi connectivity index (χ1) is 5.60. The fraction of sp³-hybridized carbons (Fsp3) is 0.700. The molecule has 0 amide bonds. The van der Waals surface area contributed by atoms with Crippen molar-refractivity contribution in [1.29, 1.82) is 0 Å². The summed E-state index contributed by atoms with van der Waals surface area (Å²) >= 11 is 0. The van der Waals surface area contributed by atoms with Crippen LogP contribution in [0.4, 0.5) is 0 Å². The molecule has 2 heteroatoms. The second kappa shape index (κ2) is 3.40. The Kier molecular flexibility index (Phi) is 2.68. The molecule has 68 valence electrons. The molecule has 0 radical (unpaired) electrons. The molecule has 1 rings (SSSR count). The molecule has 0 spiro atoms. The maximum Gasteiger partial charge on any atom is 0.187 e. The SMILES string of the molecule is COC1(C(=O)C=C(C)C)CCC1. The van der Waals surface area contributed by atoms with E-state index in [0.29, 0.717) is 0 Å². The molecular weight excluding hydrogens is 152 g/mol. The van der Waals surface area contributed by atoms with Crippen molar-refractivity contribution in [1.82, 2.24) is 0 Å². The molecule has 0 unspecified atom stereocenters. The van der Waals surface area contributed by atoms with Crippen LogP contribution in [0.5, 0.6) is 0 Å². The average Bonchev–Trinajstić information content (AvgIpc) is 1.83. The van der Waals surface area contributed by atoms with E-state index in [0.717, 1.165) is 24.8 Å². The lowest BCUT2D eigenvalue weighted by atomic mass is 9.76. The summed E-state index contributed by atoms with van der Waals surface area (Å²) in [6.45, 7) is 3.86. The van der Waals surface area contributed by atoms with Crippen molar-refractivity contribution in [2.75, 3.05) is 7.11 Å². The predicted octanol–water partition coefficient (Wildman–Crippen LogP) is 2.09. The highest BCUT2D eigenvalue weighted by atomic mass is 16.5. The van der Waals surface area contributed by atoms with E-state index in [9.17, 15) is 4.79 Å². The number of rotatable bonds is 3. The van der Waals surface area contributed by atoms with E-state index in [1.807, 2.05) is 13.8 Å². The van der Waals surface area contributed by atoms with Gasteiger partial charge in [-0.05, 0) is 39.2 Å². The first kappa shape index (κ1) is 9.46. The number of carbonyl (C=O) groups excluding carboxylic acids is 1. The van der Waals surface area contributed by atoms with Gasteiger partial charge < -0.3 is 4.74 Å². The normalized spacial score (nSPS) is 19.6. The second-order valence-electron chi connectivity index (χ2n) is 3.64. The highest BCUT2D eigenvalue weighted by Crippen LogP contribution is 2.36. The molecule has 1 saturated carbocycles. The van der Waals surface area contributed by atoms with Gasteiger partial charge in [0.25, 0.3) is 0 Å². The summed E-state index contributed by atoms with van der Waals surface area (Å²) in [7, 11) is 1.62. The van der Waals surface area contributed by atoms with E-state index in [1.165, 1.54) is 0 Å². The van der Waals surface area contributed by atoms with Crippen LogP contribution in [0, 0.1) is 0 Å². The summed E-state index contributed by atoms with van der Waals surface area (Å²) in [4.78, 5) is 11.6. The molecule has 0 N–H and O–H groups in total. The number of hydrogen-bond acceptors (Lipinski definition) is 2. The summed E-state index contributed by atoms with van der Waals surface area (Å²) in [6, 6.07) is 0. The number of allylic oxidation sites excluding steroid dienone is 1. The third-order valence-corrected chi connectivity index (χ3v) is 2.42. The lowest BCUT2D eigenvalue weighted by Gasteiger charge is -2.38. The van der Waals surface area contributed by atoms with E-state index in [1.54, 1.807) is 13.2 Å². The summed E-state index contributed by atoms with van der Waals surface area (Å²) in [5, 5.41) is 0. The maximum atomic E-state index is 11.6. The van der Waals surface area contributed by atoms with Gasteiger partial charge in [-0.2, -0.15) is 0 Å². The lowest BCUT2D eigenvalue weighted by molar-refractivity contribution is -0.146. The van der Waals surface area contributed by atoms with Crippen LogP contribution in [0.25, 0.3) is 0 Å². The van der Waals surface area contributed by atoms with Crippen molar-refractivity contribution < 1.29 is 9.53 Å². The van der Waals surface area contributed by atoms with Gasteiger partial charge in [0.05, 0.1) is 0 Å². The summed E-state index contributed by atoms with van der Waals surface area (Å²) in [5.74, 6) is 0.135. The zero-order valence-electron chi connectivity index (χ0n) is 8.02. The smallest absolute Gasteiger partial charge is 0.187 e. The van der Waals surface area contributed by atoms with Gasteiger partial charge >= 0.3 is 0 Å². The molecule has 12 heavy (non-hydrogen) atoms. The van der Waals surface area contributed by atoms with E-state index in [-0.39, 0.29) is 5.78 Å². The highest BCUT2D eigenvalue weighted by Gasteiger charge is 2.42. The van der Waals surface area contributed by atoms with Crippen molar-refractivity contribution >= 4 is 5.78 Å². The fourth-order valence-electron chi connectivity index (χ4n) is 1.44. The third-order valence-electron chi connectivity index (χ3n) is 2.42. The molecule has 0 aromatic carbocycles. The Morgan fingerprint density at radius 2 is 2.00 bits per heavy atom. The van der Waals surface area contributed by atoms with Crippen LogP contribution in [0.2, 0.25) is 0 Å². The number of ether oxygens (including phenoxy) is 1. The predicted molar refractivity (Wildman–Crippen MR) is 48.0 cm³/mol. The van der Waals surface area contributed by atoms with E-state index in [2.05, 4.69) is 0 Å². The van der Waals surface area contributed by atoms with Crippen LogP contribution in [0.1, 0.15) is 33.1 Å². The largest absolute Gasteiger partial charge is 0.370 e. The van der Waals surface area contributed by atoms with Crippen molar-refractivity contribution in [3.05, 3.63) is 11.6 Å². The molecule has 2 nitrogen and oxygen atoms in total. The van der Waals surface area contributed by atoms with E-state index in [4.69, 9.17) is 4.74 Å². The topological polar surface area (TPSA) is 26.3 Å². The molecule has 1 fully saturated rings. The van der Waals surface area contributed by atoms with Gasteiger partial charge in [0.15, 0.2) is 5.78 Å². The zero-order chi connectivity index (χ0) is 9.19. The van der Waals surface area contributed by atoms with Gasteiger partial charge in [0.1, 0.15) is 5.60 Å². The van der Waals surface area contributed by atoms with Crippen LogP contribution in [0.3, 0.4) is 0 Å². The van der Waals surface area contributed by atoms with Crippen molar-refractivity contribution in [3.63, 3.8) is 0 Å². The molecule has 0 heterocycles. The van der Waals surface area contributed by atoms with Crippen LogP contribution in [-0.2, 0) is 9.53 Å². The summed E-state index contributed by atoms with van der Waals surface area (Å²) in [5.41, 5.74) is 0.584. The fourth-order valence-corrected chi connectivity index (χ4v) is 1.44. The van der Waals surface area contributed by atoms with Gasteiger partial charge in [-0.25, -0.2) is 0 Å². The third kappa shape index (κ3) is 1.58. The summed E-state index contributed by atoms with van der Waals surface area (Å²) < 4.78 is 5.24. The lowest BCUT2D eigenvalue weighted by Crippen LogP contribution is -2.46. The minimum atomic E-state index is -0.461. The van der Waals surface area contributed by atoms with Crippen LogP contribution in [-0.4, -0.2) is 18.5 Å². The zero-order valence-corrected chi connectivity index (χ0v) is 8.02. The Hall–Kier alpha value is -0.630. The minimum absolute atomic E-state index is 0.135. The van der Waals surface area contributed by atoms with E-state index < -0.39 is 5.60 Å². The first-order valence-corrected chi connectivity index (χ1v) is 4.35. The molecular formula is C10H16O2. The van der Waals surface area contributed by atoms with Crippen LogP contribution >= 0.6 is 0 Å². The first-order valence-electron chi connectivity index (χ1n) is 4.35. The monoisotopic (exact) mass is 168 g/mol. The van der Waals surface area contributed by atoms with Gasteiger partial charge in [-0.3, -0.25) is 4.79 Å². The molecule has 0 aromatic heterocycles. The molecule has 1 aliphatic carbocycles. The van der Waals surface area contributed by atoms with E-state index >= 15 is 0 Å². The molecule has 1 aliphatic rings. The van der Waals surface area contributed by atoms with Crippen LogP contribution in [0.15, 0.2) is 11.6 Å². The Morgan fingerprint density at radius 3 is 2.25 bits per heavy atom. The molecule has 0 atom stereocenters. The highest BCUT2D eigenvalue weighted by molar-refractivity contribution is 5.98. The van der Waals surface area contributed by atoms with Crippen molar-refractivity contribution in [2.45, 2.75) is 38.7 Å². The maximum absolute atomic E-state index is 11.6. The Bertz CT molecular complexity index is 202. The Morgan fingerprint density at radius 1 is 1.42 bits per heavy atom. The Balaban J connectivity index is 2.67. The van der Waals surface area contributed by atoms with Gasteiger partial charge in [-0.15, -0.1) is 0 Å². The molecule has 0 bridgehead atoms. The molecule has 0 aliphatic heterocycles. The number of hydrogen-bond donors (Lipinski definition) is 0. The quantitative estimate of drug-likeness (QED) is 0.603. The van der Waals surface area contributed by atoms with Gasteiger partial charge in [0.2, 0.25) is 0 Å². The minimum Gasteiger partial charge on any atom is -0.370 e. The number of methoxy groups -OCH3 is 1. The second-order valence-corrected chi connectivity index (χ2v) is 3.64. The standard InChI is InChI=1S/C10H16O2/c1-8(2)7-9(11)10(12-3)5-4-6-10/h7H,4-6H2,1-3H3. The molecule has 0 aromatic rings. The summed E-state index contributed by atoms with van der Waals surface area (Å²) in [6.07, 6.45) is 4.55. The molecule has 0 saturated heterocycles. The van der Waals surface area contributed by atoms with Gasteiger partial charge in [0, 0.05) is 7.11 Å². The van der Waals surface area contributed by atoms with Crippen molar-refractivity contribution in [3.8, 4) is 0 Å². The van der Waals surface area contributed by atoms with Gasteiger partial charge in [-0.1, -0.05) is 5.57 Å². The van der Waals surface area contributed by atoms with Crippen molar-refractivity contribution in [2.24, 2.45) is 0 Å². The number of ketones is 1. The average molecular weight is 168 g/mol. The number of carbonyl (C=O) groups is 1. The Labute approximate surface area is 73.6 Å². The van der Waals surface area contributed by atoms with Crippen LogP contribution < -0.4 is 0 Å².